The highest BCUT2D eigenvalue weighted by Gasteiger charge is 2.24. The van der Waals surface area contributed by atoms with Crippen LogP contribution in [0.25, 0.3) is 28.2 Å². The van der Waals surface area contributed by atoms with Crippen LogP contribution in [0.15, 0.2) is 67.0 Å². The van der Waals surface area contributed by atoms with Gasteiger partial charge in [-0.1, -0.05) is 42.5 Å². The van der Waals surface area contributed by atoms with Crippen LogP contribution in [0.5, 0.6) is 0 Å². The summed E-state index contributed by atoms with van der Waals surface area (Å²) in [6, 6.07) is 18.3. The first-order valence-corrected chi connectivity index (χ1v) is 13.1. The summed E-state index contributed by atoms with van der Waals surface area (Å²) in [5.74, 6) is 0.765. The van der Waals surface area contributed by atoms with E-state index in [1.165, 1.54) is 0 Å². The number of nitrogens with zero attached hydrogens (tertiary/aromatic N) is 4. The van der Waals surface area contributed by atoms with E-state index < -0.39 is 0 Å². The van der Waals surface area contributed by atoms with Gasteiger partial charge >= 0.3 is 0 Å². The number of imidazole rings is 1. The Labute approximate surface area is 216 Å². The van der Waals surface area contributed by atoms with Crippen molar-refractivity contribution in [3.05, 3.63) is 72.6 Å². The van der Waals surface area contributed by atoms with Gasteiger partial charge in [0, 0.05) is 48.6 Å². The van der Waals surface area contributed by atoms with Crippen molar-refractivity contribution in [3.63, 3.8) is 0 Å². The average molecular weight is 497 g/mol. The number of amides is 1. The lowest BCUT2D eigenvalue weighted by Gasteiger charge is -2.26. The summed E-state index contributed by atoms with van der Waals surface area (Å²) in [6.07, 6.45) is 7.09. The molecule has 2 aliphatic rings. The van der Waals surface area contributed by atoms with E-state index in [2.05, 4.69) is 32.1 Å². The van der Waals surface area contributed by atoms with Crippen molar-refractivity contribution < 1.29 is 9.53 Å². The van der Waals surface area contributed by atoms with Crippen LogP contribution in [0.3, 0.4) is 0 Å². The van der Waals surface area contributed by atoms with Crippen LogP contribution >= 0.6 is 0 Å². The summed E-state index contributed by atoms with van der Waals surface area (Å²) in [5, 5.41) is 6.60. The predicted octanol–water partition coefficient (Wildman–Crippen LogP) is 4.09. The molecule has 0 radical (unpaired) electrons. The van der Waals surface area contributed by atoms with Crippen molar-refractivity contribution in [2.75, 3.05) is 44.7 Å². The summed E-state index contributed by atoms with van der Waals surface area (Å²) in [4.78, 5) is 24.6. The van der Waals surface area contributed by atoms with Crippen LogP contribution in [0, 0.1) is 0 Å². The van der Waals surface area contributed by atoms with Gasteiger partial charge < -0.3 is 15.4 Å². The third-order valence-corrected chi connectivity index (χ3v) is 6.96. The molecule has 2 N–H and O–H groups in total. The molecule has 6 rings (SSSR count). The highest BCUT2D eigenvalue weighted by Crippen LogP contribution is 2.28. The van der Waals surface area contributed by atoms with Crippen LogP contribution < -0.4 is 10.6 Å². The van der Waals surface area contributed by atoms with Crippen molar-refractivity contribution in [2.45, 2.75) is 25.3 Å². The Balaban J connectivity index is 1.26. The Morgan fingerprint density at radius 2 is 1.78 bits per heavy atom. The number of morpholine rings is 1. The molecule has 0 atom stereocenters. The van der Waals surface area contributed by atoms with E-state index in [0.29, 0.717) is 11.6 Å². The monoisotopic (exact) mass is 496 g/mol. The lowest BCUT2D eigenvalue weighted by molar-refractivity contribution is 0.0378. The number of nitrogens with one attached hydrogen (secondary N) is 2. The molecule has 2 aromatic carbocycles. The molecule has 1 saturated carbocycles. The van der Waals surface area contributed by atoms with Gasteiger partial charge in [0.05, 0.1) is 30.8 Å². The maximum atomic E-state index is 12.4. The molecule has 37 heavy (non-hydrogen) atoms. The fourth-order valence-corrected chi connectivity index (χ4v) is 4.69. The highest BCUT2D eigenvalue weighted by molar-refractivity contribution is 5.95. The van der Waals surface area contributed by atoms with Crippen molar-refractivity contribution in [1.82, 2.24) is 24.6 Å². The Bertz CT molecular complexity index is 1360. The van der Waals surface area contributed by atoms with Crippen LogP contribution in [-0.4, -0.2) is 70.6 Å². The molecule has 190 valence electrons. The Hall–Kier alpha value is -3.75. The maximum Gasteiger partial charge on any atom is 0.251 e. The van der Waals surface area contributed by atoms with Gasteiger partial charge in [-0.3, -0.25) is 14.1 Å². The van der Waals surface area contributed by atoms with Crippen molar-refractivity contribution >= 4 is 17.4 Å². The van der Waals surface area contributed by atoms with Gasteiger partial charge in [-0.15, -0.1) is 0 Å². The van der Waals surface area contributed by atoms with E-state index in [-0.39, 0.29) is 5.91 Å². The second-order valence-electron chi connectivity index (χ2n) is 9.74. The van der Waals surface area contributed by atoms with E-state index in [0.717, 1.165) is 92.6 Å². The molecule has 8 heteroatoms. The van der Waals surface area contributed by atoms with Crippen molar-refractivity contribution in [1.29, 1.82) is 0 Å². The summed E-state index contributed by atoms with van der Waals surface area (Å²) in [5.41, 5.74) is 5.35. The number of fused-ring (bicyclic) bond motifs is 1. The standard InChI is InChI=1S/C29H32N6O2/c36-29(32-24-11-12-24)23-9-7-22(8-10-23)26-19-31-28-27(30-13-4-14-34-15-17-37-18-16-34)33-25(20-35(26)28)21-5-2-1-3-6-21/h1-3,5-10,19-20,24H,4,11-18H2,(H,30,33)(H,32,36). The average Bonchev–Trinajstić information content (AvgIpc) is 3.66. The molecule has 2 fully saturated rings. The molecule has 1 aliphatic carbocycles. The second-order valence-corrected chi connectivity index (χ2v) is 9.74. The van der Waals surface area contributed by atoms with Crippen molar-refractivity contribution in [3.8, 4) is 22.5 Å². The Kier molecular flexibility index (Phi) is 6.84. The van der Waals surface area contributed by atoms with Crippen molar-refractivity contribution in [2.24, 2.45) is 0 Å². The zero-order chi connectivity index (χ0) is 25.0. The van der Waals surface area contributed by atoms with E-state index in [9.17, 15) is 4.79 Å². The van der Waals surface area contributed by atoms with Crippen LogP contribution in [0.2, 0.25) is 0 Å². The highest BCUT2D eigenvalue weighted by atomic mass is 16.5. The molecule has 0 unspecified atom stereocenters. The number of hydrogen-bond acceptors (Lipinski definition) is 6. The topological polar surface area (TPSA) is 83.8 Å². The van der Waals surface area contributed by atoms with Gasteiger partial charge in [-0.2, -0.15) is 0 Å². The van der Waals surface area contributed by atoms with Crippen LogP contribution in [0.4, 0.5) is 5.82 Å². The first-order valence-electron chi connectivity index (χ1n) is 13.1. The molecule has 0 spiro atoms. The molecule has 8 nitrogen and oxygen atoms in total. The van der Waals surface area contributed by atoms with E-state index in [4.69, 9.17) is 14.7 Å². The minimum atomic E-state index is -0.00804. The van der Waals surface area contributed by atoms with Gasteiger partial charge in [-0.05, 0) is 37.9 Å². The molecule has 1 saturated heterocycles. The molecule has 4 aromatic rings. The van der Waals surface area contributed by atoms with Gasteiger partial charge in [-0.25, -0.2) is 9.97 Å². The van der Waals surface area contributed by atoms with E-state index in [1.54, 1.807) is 0 Å². The van der Waals surface area contributed by atoms with Gasteiger partial charge in [0.2, 0.25) is 0 Å². The summed E-state index contributed by atoms with van der Waals surface area (Å²) >= 11 is 0. The molecule has 2 aromatic heterocycles. The van der Waals surface area contributed by atoms with E-state index in [1.807, 2.05) is 54.9 Å². The maximum absolute atomic E-state index is 12.4. The molecule has 1 aliphatic heterocycles. The molecule has 0 bridgehead atoms. The summed E-state index contributed by atoms with van der Waals surface area (Å²) in [7, 11) is 0. The number of anilines is 1. The molecule has 1 amide bonds. The van der Waals surface area contributed by atoms with Gasteiger partial charge in [0.25, 0.3) is 5.91 Å². The number of rotatable bonds is 9. The molecular formula is C29H32N6O2. The Morgan fingerprint density at radius 3 is 2.54 bits per heavy atom. The largest absolute Gasteiger partial charge is 0.379 e. The number of aromatic nitrogens is 3. The number of ether oxygens (including phenoxy) is 1. The lowest BCUT2D eigenvalue weighted by atomic mass is 10.1. The number of benzene rings is 2. The first kappa shape index (κ1) is 23.6. The predicted molar refractivity (Wildman–Crippen MR) is 145 cm³/mol. The zero-order valence-electron chi connectivity index (χ0n) is 20.9. The minimum absolute atomic E-state index is 0.00804. The lowest BCUT2D eigenvalue weighted by Crippen LogP contribution is -2.37. The normalized spacial score (nSPS) is 16.1. The first-order chi connectivity index (χ1) is 18.2. The third-order valence-electron chi connectivity index (χ3n) is 6.96. The van der Waals surface area contributed by atoms with Gasteiger partial charge in [0.1, 0.15) is 0 Å². The number of hydrogen-bond donors (Lipinski definition) is 2. The molecular weight excluding hydrogens is 464 g/mol. The fourth-order valence-electron chi connectivity index (χ4n) is 4.69. The Morgan fingerprint density at radius 1 is 1.00 bits per heavy atom. The summed E-state index contributed by atoms with van der Waals surface area (Å²) < 4.78 is 7.55. The smallest absolute Gasteiger partial charge is 0.251 e. The van der Waals surface area contributed by atoms with Gasteiger partial charge in [0.15, 0.2) is 11.5 Å². The minimum Gasteiger partial charge on any atom is -0.379 e. The van der Waals surface area contributed by atoms with Crippen LogP contribution in [-0.2, 0) is 4.74 Å². The molecule has 3 heterocycles. The van der Waals surface area contributed by atoms with E-state index >= 15 is 0 Å². The second kappa shape index (κ2) is 10.7. The third kappa shape index (κ3) is 5.50. The quantitative estimate of drug-likeness (QED) is 0.340. The van der Waals surface area contributed by atoms with Crippen LogP contribution in [0.1, 0.15) is 29.6 Å². The summed E-state index contributed by atoms with van der Waals surface area (Å²) in [6.45, 7) is 5.47. The SMILES string of the molecule is O=C(NC1CC1)c1ccc(-c2cnc3c(NCCCN4CCOCC4)nc(-c4ccccc4)cn23)cc1. The number of carbonyl (C=O) groups excluding carboxylic acids is 1. The zero-order valence-corrected chi connectivity index (χ0v) is 20.9. The number of carbonyl (C=O) groups is 1. The fraction of sp³-hybridized carbons (Fsp3) is 0.345.